The fraction of sp³-hybridized carbons (Fsp3) is 0.294. The molecule has 0 aromatic heterocycles. The molecule has 2 rings (SSSR count). The van der Waals surface area contributed by atoms with Gasteiger partial charge in [0.15, 0.2) is 0 Å². The van der Waals surface area contributed by atoms with Crippen LogP contribution in [0.3, 0.4) is 0 Å². The molecule has 0 fully saturated rings. The number of hydrogen-bond acceptors (Lipinski definition) is 2. The van der Waals surface area contributed by atoms with Crippen molar-refractivity contribution in [2.75, 3.05) is 6.54 Å². The molecule has 0 heterocycles. The maximum absolute atomic E-state index is 13.6. The summed E-state index contributed by atoms with van der Waals surface area (Å²) in [5, 5.41) is 3.25. The molecule has 2 nitrogen and oxygen atoms in total. The summed E-state index contributed by atoms with van der Waals surface area (Å²) < 4.78 is 32.3. The molecule has 0 aliphatic rings. The Bertz CT molecular complexity index is 614. The SMILES string of the molecule is CCNCc1cccc(C)c1OCc1ccc(F)cc1F. The van der Waals surface area contributed by atoms with E-state index in [-0.39, 0.29) is 6.61 Å². The van der Waals surface area contributed by atoms with Crippen LogP contribution in [0.25, 0.3) is 0 Å². The number of ether oxygens (including phenoxy) is 1. The molecule has 0 spiro atoms. The molecular formula is C17H19F2NO. The predicted molar refractivity (Wildman–Crippen MR) is 79.2 cm³/mol. The number of para-hydroxylation sites is 1. The van der Waals surface area contributed by atoms with Crippen molar-refractivity contribution >= 4 is 0 Å². The van der Waals surface area contributed by atoms with Crippen molar-refractivity contribution in [3.63, 3.8) is 0 Å². The third-order valence-electron chi connectivity index (χ3n) is 3.25. The lowest BCUT2D eigenvalue weighted by Gasteiger charge is -2.15. The van der Waals surface area contributed by atoms with Gasteiger partial charge < -0.3 is 10.1 Å². The largest absolute Gasteiger partial charge is 0.488 e. The monoisotopic (exact) mass is 291 g/mol. The molecule has 1 N–H and O–H groups in total. The van der Waals surface area contributed by atoms with E-state index < -0.39 is 11.6 Å². The van der Waals surface area contributed by atoms with Crippen LogP contribution in [0.1, 0.15) is 23.6 Å². The van der Waals surface area contributed by atoms with Crippen LogP contribution in [0.15, 0.2) is 36.4 Å². The van der Waals surface area contributed by atoms with Gasteiger partial charge in [-0.1, -0.05) is 25.1 Å². The van der Waals surface area contributed by atoms with Gasteiger partial charge in [0.05, 0.1) is 0 Å². The Balaban J connectivity index is 2.15. The first kappa shape index (κ1) is 15.4. The average molecular weight is 291 g/mol. The van der Waals surface area contributed by atoms with Crippen LogP contribution in [0, 0.1) is 18.6 Å². The molecule has 112 valence electrons. The standard InChI is InChI=1S/C17H19F2NO/c1-3-20-10-13-6-4-5-12(2)17(13)21-11-14-7-8-15(18)9-16(14)19/h4-9,20H,3,10-11H2,1-2H3. The van der Waals surface area contributed by atoms with Gasteiger partial charge in [-0.15, -0.1) is 0 Å². The van der Waals surface area contributed by atoms with Gasteiger partial charge in [0.25, 0.3) is 0 Å². The van der Waals surface area contributed by atoms with E-state index in [0.29, 0.717) is 12.1 Å². The fourth-order valence-electron chi connectivity index (χ4n) is 2.11. The van der Waals surface area contributed by atoms with Gasteiger partial charge in [-0.3, -0.25) is 0 Å². The van der Waals surface area contributed by atoms with Gasteiger partial charge in [0.2, 0.25) is 0 Å². The average Bonchev–Trinajstić information content (AvgIpc) is 2.45. The molecule has 2 aromatic carbocycles. The van der Waals surface area contributed by atoms with Gasteiger partial charge >= 0.3 is 0 Å². The van der Waals surface area contributed by atoms with Crippen molar-refractivity contribution in [1.82, 2.24) is 5.32 Å². The molecule has 0 amide bonds. The summed E-state index contributed by atoms with van der Waals surface area (Å²) >= 11 is 0. The van der Waals surface area contributed by atoms with Crippen molar-refractivity contribution in [2.24, 2.45) is 0 Å². The maximum Gasteiger partial charge on any atom is 0.132 e. The first-order chi connectivity index (χ1) is 10.1. The third-order valence-corrected chi connectivity index (χ3v) is 3.25. The smallest absolute Gasteiger partial charge is 0.132 e. The lowest BCUT2D eigenvalue weighted by molar-refractivity contribution is 0.293. The second kappa shape index (κ2) is 7.18. The zero-order valence-electron chi connectivity index (χ0n) is 12.2. The van der Waals surface area contributed by atoms with Gasteiger partial charge in [-0.05, 0) is 31.2 Å². The molecule has 21 heavy (non-hydrogen) atoms. The minimum absolute atomic E-state index is 0.0795. The second-order valence-electron chi connectivity index (χ2n) is 4.87. The number of halogens is 2. The van der Waals surface area contributed by atoms with Crippen molar-refractivity contribution < 1.29 is 13.5 Å². The van der Waals surface area contributed by atoms with Crippen LogP contribution >= 0.6 is 0 Å². The van der Waals surface area contributed by atoms with Crippen molar-refractivity contribution in [3.05, 3.63) is 64.7 Å². The van der Waals surface area contributed by atoms with Crippen LogP contribution in [0.2, 0.25) is 0 Å². The molecule has 0 atom stereocenters. The number of rotatable bonds is 6. The van der Waals surface area contributed by atoms with E-state index in [9.17, 15) is 8.78 Å². The summed E-state index contributed by atoms with van der Waals surface area (Å²) in [5.41, 5.74) is 2.36. The van der Waals surface area contributed by atoms with Gasteiger partial charge in [-0.25, -0.2) is 8.78 Å². The Morgan fingerprint density at radius 2 is 1.90 bits per heavy atom. The predicted octanol–water partition coefficient (Wildman–Crippen LogP) is 3.96. The van der Waals surface area contributed by atoms with E-state index in [2.05, 4.69) is 5.32 Å². The molecule has 2 aromatic rings. The van der Waals surface area contributed by atoms with E-state index >= 15 is 0 Å². The highest BCUT2D eigenvalue weighted by atomic mass is 19.1. The summed E-state index contributed by atoms with van der Waals surface area (Å²) in [6.07, 6.45) is 0. The van der Waals surface area contributed by atoms with E-state index in [1.807, 2.05) is 32.0 Å². The lowest BCUT2D eigenvalue weighted by atomic mass is 10.1. The van der Waals surface area contributed by atoms with E-state index in [1.165, 1.54) is 12.1 Å². The van der Waals surface area contributed by atoms with Crippen LogP contribution < -0.4 is 10.1 Å². The highest BCUT2D eigenvalue weighted by Gasteiger charge is 2.09. The summed E-state index contributed by atoms with van der Waals surface area (Å²) in [6, 6.07) is 9.41. The minimum Gasteiger partial charge on any atom is -0.488 e. The molecule has 0 radical (unpaired) electrons. The Morgan fingerprint density at radius 1 is 1.10 bits per heavy atom. The summed E-state index contributed by atoms with van der Waals surface area (Å²) in [6.45, 7) is 5.62. The van der Waals surface area contributed by atoms with Gasteiger partial charge in [-0.2, -0.15) is 0 Å². The molecule has 0 aliphatic heterocycles. The molecular weight excluding hydrogens is 272 g/mol. The normalized spacial score (nSPS) is 10.7. The summed E-state index contributed by atoms with van der Waals surface area (Å²) in [4.78, 5) is 0. The van der Waals surface area contributed by atoms with Crippen molar-refractivity contribution in [1.29, 1.82) is 0 Å². The molecule has 0 saturated carbocycles. The van der Waals surface area contributed by atoms with Crippen molar-refractivity contribution in [3.8, 4) is 5.75 Å². The minimum atomic E-state index is -0.586. The van der Waals surface area contributed by atoms with E-state index in [4.69, 9.17) is 4.74 Å². The summed E-state index contributed by atoms with van der Waals surface area (Å²) in [5.74, 6) is -0.418. The molecule has 4 heteroatoms. The van der Waals surface area contributed by atoms with Gasteiger partial charge in [0.1, 0.15) is 24.0 Å². The number of aryl methyl sites for hydroxylation is 1. The Morgan fingerprint density at radius 3 is 2.62 bits per heavy atom. The van der Waals surface area contributed by atoms with E-state index in [0.717, 1.165) is 29.5 Å². The van der Waals surface area contributed by atoms with Crippen molar-refractivity contribution in [2.45, 2.75) is 27.0 Å². The fourth-order valence-corrected chi connectivity index (χ4v) is 2.11. The molecule has 0 saturated heterocycles. The zero-order valence-corrected chi connectivity index (χ0v) is 12.2. The second-order valence-corrected chi connectivity index (χ2v) is 4.87. The first-order valence-corrected chi connectivity index (χ1v) is 6.97. The van der Waals surface area contributed by atoms with Crippen LogP contribution in [-0.4, -0.2) is 6.54 Å². The number of benzene rings is 2. The highest BCUT2D eigenvalue weighted by Crippen LogP contribution is 2.25. The summed E-state index contributed by atoms with van der Waals surface area (Å²) in [7, 11) is 0. The van der Waals surface area contributed by atoms with Gasteiger partial charge in [0, 0.05) is 23.7 Å². The zero-order chi connectivity index (χ0) is 15.2. The first-order valence-electron chi connectivity index (χ1n) is 6.97. The van der Waals surface area contributed by atoms with Crippen LogP contribution in [0.5, 0.6) is 5.75 Å². The molecule has 0 aliphatic carbocycles. The quantitative estimate of drug-likeness (QED) is 0.869. The number of hydrogen-bond donors (Lipinski definition) is 1. The molecule has 0 unspecified atom stereocenters. The number of nitrogens with one attached hydrogen (secondary N) is 1. The van der Waals surface area contributed by atoms with Crippen LogP contribution in [0.4, 0.5) is 8.78 Å². The third kappa shape index (κ3) is 4.02. The van der Waals surface area contributed by atoms with E-state index in [1.54, 1.807) is 0 Å². The maximum atomic E-state index is 13.6. The molecule has 0 bridgehead atoms. The van der Waals surface area contributed by atoms with Crippen LogP contribution in [-0.2, 0) is 13.2 Å². The Kier molecular flexibility index (Phi) is 5.28. The Labute approximate surface area is 123 Å². The Hall–Kier alpha value is -1.94. The topological polar surface area (TPSA) is 21.3 Å². The highest BCUT2D eigenvalue weighted by molar-refractivity contribution is 5.41. The lowest BCUT2D eigenvalue weighted by Crippen LogP contribution is -2.13.